The van der Waals surface area contributed by atoms with Crippen molar-refractivity contribution < 1.29 is 14.4 Å². The second-order valence-electron chi connectivity index (χ2n) is 6.21. The molecular weight excluding hydrogens is 330 g/mol. The van der Waals surface area contributed by atoms with Crippen LogP contribution in [0.1, 0.15) is 48.0 Å². The van der Waals surface area contributed by atoms with E-state index in [0.717, 1.165) is 5.69 Å². The minimum atomic E-state index is -0.372. The molecule has 1 aliphatic rings. The summed E-state index contributed by atoms with van der Waals surface area (Å²) in [6.45, 7) is 1.85. The lowest BCUT2D eigenvalue weighted by atomic mass is 9.84. The highest BCUT2D eigenvalue weighted by atomic mass is 16.2. The first-order chi connectivity index (χ1) is 12.5. The molecule has 1 N–H and O–H groups in total. The molecule has 0 fully saturated rings. The minimum Gasteiger partial charge on any atom is -0.321 e. The largest absolute Gasteiger partial charge is 0.321 e. The predicted molar refractivity (Wildman–Crippen MR) is 95.6 cm³/mol. The Morgan fingerprint density at radius 3 is 2.15 bits per heavy atom. The second-order valence-corrected chi connectivity index (χ2v) is 6.21. The van der Waals surface area contributed by atoms with Crippen molar-refractivity contribution in [3.05, 3.63) is 82.2 Å². The van der Waals surface area contributed by atoms with Crippen LogP contribution < -0.4 is 5.32 Å². The van der Waals surface area contributed by atoms with E-state index in [1.165, 1.54) is 0 Å². The number of fused-ring (bicyclic) bond motifs is 2. The first-order valence-corrected chi connectivity index (χ1v) is 8.10. The van der Waals surface area contributed by atoms with Crippen molar-refractivity contribution in [3.63, 3.8) is 0 Å². The predicted octanol–water partition coefficient (Wildman–Crippen LogP) is 2.76. The maximum Gasteiger partial charge on any atom is 0.276 e. The Kier molecular flexibility index (Phi) is 3.54. The molecule has 26 heavy (non-hydrogen) atoms. The number of carbonyl (C=O) groups excluding carboxylic acids is 3. The Morgan fingerprint density at radius 1 is 0.923 bits per heavy atom. The number of carbonyl (C=O) groups is 3. The SMILES string of the molecule is Cc1cc(C(=O)Nc2ccc3c(c2)C(=O)c2ccccc2C3=O)nn1C. The number of anilines is 1. The van der Waals surface area contributed by atoms with Crippen molar-refractivity contribution in [3.8, 4) is 0 Å². The molecule has 4 rings (SSSR count). The van der Waals surface area contributed by atoms with Crippen LogP contribution in [-0.4, -0.2) is 27.3 Å². The van der Waals surface area contributed by atoms with Crippen LogP contribution >= 0.6 is 0 Å². The van der Waals surface area contributed by atoms with E-state index in [4.69, 9.17) is 0 Å². The van der Waals surface area contributed by atoms with Gasteiger partial charge in [0.1, 0.15) is 0 Å². The van der Waals surface area contributed by atoms with Gasteiger partial charge >= 0.3 is 0 Å². The summed E-state index contributed by atoms with van der Waals surface area (Å²) in [6, 6.07) is 13.2. The van der Waals surface area contributed by atoms with E-state index in [9.17, 15) is 14.4 Å². The standard InChI is InChI=1S/C20H15N3O3/c1-11-9-17(22-23(11)2)20(26)21-12-7-8-15-16(10-12)19(25)14-6-4-3-5-13(14)18(15)24/h3-10H,1-2H3,(H,21,26). The lowest BCUT2D eigenvalue weighted by Gasteiger charge is -2.18. The van der Waals surface area contributed by atoms with E-state index in [0.29, 0.717) is 27.9 Å². The number of hydrogen-bond acceptors (Lipinski definition) is 4. The van der Waals surface area contributed by atoms with E-state index in [1.807, 2.05) is 6.92 Å². The highest BCUT2D eigenvalue weighted by molar-refractivity contribution is 6.28. The van der Waals surface area contributed by atoms with Gasteiger partial charge in [0.15, 0.2) is 17.3 Å². The molecule has 0 aliphatic heterocycles. The molecule has 0 bridgehead atoms. The van der Waals surface area contributed by atoms with Gasteiger partial charge in [-0.05, 0) is 31.2 Å². The smallest absolute Gasteiger partial charge is 0.276 e. The molecule has 0 saturated carbocycles. The van der Waals surface area contributed by atoms with Crippen LogP contribution in [0.5, 0.6) is 0 Å². The molecule has 128 valence electrons. The van der Waals surface area contributed by atoms with Gasteiger partial charge in [-0.3, -0.25) is 19.1 Å². The average molecular weight is 345 g/mol. The van der Waals surface area contributed by atoms with Crippen molar-refractivity contribution in [2.24, 2.45) is 7.05 Å². The fourth-order valence-corrected chi connectivity index (χ4v) is 3.04. The summed E-state index contributed by atoms with van der Waals surface area (Å²) in [4.78, 5) is 37.7. The molecule has 1 aliphatic carbocycles. The fourth-order valence-electron chi connectivity index (χ4n) is 3.04. The van der Waals surface area contributed by atoms with E-state index in [-0.39, 0.29) is 23.2 Å². The topological polar surface area (TPSA) is 81.1 Å². The molecule has 6 nitrogen and oxygen atoms in total. The average Bonchev–Trinajstić information content (AvgIpc) is 2.99. The number of aromatic nitrogens is 2. The summed E-state index contributed by atoms with van der Waals surface area (Å²) in [6.07, 6.45) is 0. The summed E-state index contributed by atoms with van der Waals surface area (Å²) in [5.41, 5.74) is 3.02. The normalized spacial score (nSPS) is 12.5. The molecule has 1 heterocycles. The van der Waals surface area contributed by atoms with E-state index < -0.39 is 0 Å². The van der Waals surface area contributed by atoms with Gasteiger partial charge in [-0.2, -0.15) is 5.10 Å². The van der Waals surface area contributed by atoms with Crippen molar-refractivity contribution in [2.45, 2.75) is 6.92 Å². The minimum absolute atomic E-state index is 0.187. The van der Waals surface area contributed by atoms with Crippen molar-refractivity contribution >= 4 is 23.2 Å². The lowest BCUT2D eigenvalue weighted by Crippen LogP contribution is -2.21. The number of hydrogen-bond donors (Lipinski definition) is 1. The Morgan fingerprint density at radius 2 is 1.54 bits per heavy atom. The number of amides is 1. The van der Waals surface area contributed by atoms with Gasteiger partial charge in [0.05, 0.1) is 0 Å². The number of nitrogens with one attached hydrogen (secondary N) is 1. The third-order valence-corrected chi connectivity index (χ3v) is 4.53. The highest BCUT2D eigenvalue weighted by Gasteiger charge is 2.29. The number of ketones is 2. The second kappa shape index (κ2) is 5.77. The van der Waals surface area contributed by atoms with Gasteiger partial charge in [0, 0.05) is 40.7 Å². The van der Waals surface area contributed by atoms with Gasteiger partial charge < -0.3 is 5.32 Å². The van der Waals surface area contributed by atoms with Crippen LogP contribution in [-0.2, 0) is 7.05 Å². The molecular formula is C20H15N3O3. The Bertz CT molecular complexity index is 1080. The van der Waals surface area contributed by atoms with Crippen LogP contribution in [0.25, 0.3) is 0 Å². The molecule has 0 spiro atoms. The molecule has 0 saturated heterocycles. The summed E-state index contributed by atoms with van der Waals surface area (Å²) >= 11 is 0. The van der Waals surface area contributed by atoms with E-state index in [2.05, 4.69) is 10.4 Å². The summed E-state index contributed by atoms with van der Waals surface area (Å²) < 4.78 is 1.61. The molecule has 1 amide bonds. The van der Waals surface area contributed by atoms with Crippen LogP contribution in [0.3, 0.4) is 0 Å². The molecule has 0 atom stereocenters. The molecule has 3 aromatic rings. The lowest BCUT2D eigenvalue weighted by molar-refractivity contribution is 0.0979. The zero-order chi connectivity index (χ0) is 18.4. The highest BCUT2D eigenvalue weighted by Crippen LogP contribution is 2.29. The first kappa shape index (κ1) is 16.0. The van der Waals surface area contributed by atoms with Crippen LogP contribution in [0.2, 0.25) is 0 Å². The Balaban J connectivity index is 1.68. The quantitative estimate of drug-likeness (QED) is 0.606. The monoisotopic (exact) mass is 345 g/mol. The fraction of sp³-hybridized carbons (Fsp3) is 0.100. The van der Waals surface area contributed by atoms with E-state index in [1.54, 1.807) is 60.3 Å². The van der Waals surface area contributed by atoms with Crippen molar-refractivity contribution in [1.82, 2.24) is 9.78 Å². The molecule has 0 radical (unpaired) electrons. The molecule has 0 unspecified atom stereocenters. The third kappa shape index (κ3) is 2.43. The van der Waals surface area contributed by atoms with Gasteiger partial charge in [-0.25, -0.2) is 0 Å². The number of nitrogens with zero attached hydrogens (tertiary/aromatic N) is 2. The van der Waals surface area contributed by atoms with Crippen molar-refractivity contribution in [1.29, 1.82) is 0 Å². The Labute approximate surface area is 149 Å². The van der Waals surface area contributed by atoms with Gasteiger partial charge in [-0.1, -0.05) is 24.3 Å². The van der Waals surface area contributed by atoms with Gasteiger partial charge in [0.2, 0.25) is 0 Å². The van der Waals surface area contributed by atoms with Crippen LogP contribution in [0.15, 0.2) is 48.5 Å². The summed E-state index contributed by atoms with van der Waals surface area (Å²) in [7, 11) is 1.76. The third-order valence-electron chi connectivity index (χ3n) is 4.53. The van der Waals surface area contributed by atoms with Gasteiger partial charge in [0.25, 0.3) is 5.91 Å². The summed E-state index contributed by atoms with van der Waals surface area (Å²) in [5, 5.41) is 6.86. The number of aryl methyl sites for hydroxylation is 2. The van der Waals surface area contributed by atoms with Crippen LogP contribution in [0, 0.1) is 6.92 Å². The molecule has 6 heteroatoms. The van der Waals surface area contributed by atoms with Crippen molar-refractivity contribution in [2.75, 3.05) is 5.32 Å². The maximum absolute atomic E-state index is 12.7. The molecule has 2 aromatic carbocycles. The van der Waals surface area contributed by atoms with Crippen LogP contribution in [0.4, 0.5) is 5.69 Å². The van der Waals surface area contributed by atoms with Gasteiger partial charge in [-0.15, -0.1) is 0 Å². The first-order valence-electron chi connectivity index (χ1n) is 8.10. The van der Waals surface area contributed by atoms with E-state index >= 15 is 0 Å². The zero-order valence-corrected chi connectivity index (χ0v) is 14.2. The molecule has 1 aromatic heterocycles. The number of benzene rings is 2. The summed E-state index contributed by atoms with van der Waals surface area (Å²) in [5.74, 6) is -0.781. The number of rotatable bonds is 2. The maximum atomic E-state index is 12.7. The Hall–Kier alpha value is -3.54. The zero-order valence-electron chi connectivity index (χ0n) is 14.2.